The lowest BCUT2D eigenvalue weighted by Gasteiger charge is -2.23. The van der Waals surface area contributed by atoms with Crippen LogP contribution in [0.3, 0.4) is 0 Å². The number of nitrogens with zero attached hydrogens (tertiary/aromatic N) is 1. The van der Waals surface area contributed by atoms with E-state index in [0.29, 0.717) is 11.0 Å². The molecule has 0 radical (unpaired) electrons. The van der Waals surface area contributed by atoms with E-state index in [1.807, 2.05) is 6.07 Å². The quantitative estimate of drug-likeness (QED) is 0.839. The largest absolute Gasteiger partial charge is 0.768 e. The van der Waals surface area contributed by atoms with Crippen molar-refractivity contribution in [2.75, 3.05) is 11.4 Å². The highest BCUT2D eigenvalue weighted by Crippen LogP contribution is 2.35. The molecule has 1 heterocycles. The third-order valence-corrected chi connectivity index (χ3v) is 4.31. The van der Waals surface area contributed by atoms with Crippen LogP contribution in [0, 0.1) is 0 Å². The molecule has 6 heteroatoms. The van der Waals surface area contributed by atoms with Gasteiger partial charge in [0.1, 0.15) is 6.23 Å². The van der Waals surface area contributed by atoms with E-state index in [2.05, 4.69) is 15.9 Å². The van der Waals surface area contributed by atoms with Crippen LogP contribution in [0.5, 0.6) is 0 Å². The van der Waals surface area contributed by atoms with Crippen LogP contribution in [0.25, 0.3) is 0 Å². The summed E-state index contributed by atoms with van der Waals surface area (Å²) >= 11 is 0.967. The Bertz CT molecular complexity index is 450. The normalized spacial score (nSPS) is 18.4. The van der Waals surface area contributed by atoms with Gasteiger partial charge in [-0.25, -0.2) is 0 Å². The van der Waals surface area contributed by atoms with E-state index in [4.69, 9.17) is 0 Å². The number of anilines is 1. The Kier molecular flexibility index (Phi) is 3.34. The second-order valence-corrected chi connectivity index (χ2v) is 5.48. The Labute approximate surface area is 105 Å². The number of halogens is 1. The van der Waals surface area contributed by atoms with Gasteiger partial charge in [-0.2, -0.15) is 0 Å². The molecule has 0 aliphatic carbocycles. The summed E-state index contributed by atoms with van der Waals surface area (Å²) in [6.07, 6.45) is 0.222. The zero-order valence-corrected chi connectivity index (χ0v) is 11.0. The van der Waals surface area contributed by atoms with Crippen LogP contribution in [0.4, 0.5) is 5.69 Å². The highest BCUT2D eigenvalue weighted by atomic mass is 79.9. The van der Waals surface area contributed by atoms with Crippen molar-refractivity contribution < 1.29 is 13.9 Å². The number of aliphatic hydroxyl groups is 1. The zero-order chi connectivity index (χ0) is 11.9. The Morgan fingerprint density at radius 3 is 2.88 bits per heavy atom. The van der Waals surface area contributed by atoms with E-state index >= 15 is 0 Å². The molecule has 0 aromatic heterocycles. The summed E-state index contributed by atoms with van der Waals surface area (Å²) in [6.45, 7) is 2.39. The van der Waals surface area contributed by atoms with E-state index in [1.54, 1.807) is 17.9 Å². The summed E-state index contributed by atoms with van der Waals surface area (Å²) in [5.74, 6) is 0. The maximum absolute atomic E-state index is 11.0. The van der Waals surface area contributed by atoms with Gasteiger partial charge in [-0.1, -0.05) is 0 Å². The summed E-state index contributed by atoms with van der Waals surface area (Å²) in [5, 5.41) is 9.56. The molecule has 16 heavy (non-hydrogen) atoms. The first-order chi connectivity index (χ1) is 7.50. The minimum Gasteiger partial charge on any atom is -0.768 e. The first-order valence-electron chi connectivity index (χ1n) is 4.87. The molecule has 0 bridgehead atoms. The van der Waals surface area contributed by atoms with Crippen molar-refractivity contribution in [1.29, 1.82) is 0 Å². The predicted molar refractivity (Wildman–Crippen MR) is 64.1 cm³/mol. The predicted octanol–water partition coefficient (Wildman–Crippen LogP) is 1.39. The van der Waals surface area contributed by atoms with Gasteiger partial charge in [0.15, 0.2) is 0 Å². The summed E-state index contributed by atoms with van der Waals surface area (Å²) in [7, 11) is 0. The molecule has 0 spiro atoms. The number of hydrogen-bond donors (Lipinski definition) is 1. The molecule has 0 fully saturated rings. The van der Waals surface area contributed by atoms with Crippen molar-refractivity contribution in [3.63, 3.8) is 0 Å². The lowest BCUT2D eigenvalue weighted by atomic mass is 10.2. The SMILES string of the molecule is CC(O)N1CCc2cc(Br)c(S(=O)[O-])cc21. The fraction of sp³-hybridized carbons (Fsp3) is 0.400. The van der Waals surface area contributed by atoms with Gasteiger partial charge in [-0.3, -0.25) is 4.21 Å². The van der Waals surface area contributed by atoms with Crippen molar-refractivity contribution in [3.8, 4) is 0 Å². The molecule has 0 saturated carbocycles. The summed E-state index contributed by atoms with van der Waals surface area (Å²) < 4.78 is 22.6. The number of benzene rings is 1. The molecule has 2 unspecified atom stereocenters. The van der Waals surface area contributed by atoms with Gasteiger partial charge < -0.3 is 14.6 Å². The number of aliphatic hydroxyl groups excluding tert-OH is 1. The molecule has 2 atom stereocenters. The third kappa shape index (κ3) is 2.02. The number of rotatable bonds is 2. The van der Waals surface area contributed by atoms with Crippen molar-refractivity contribution >= 4 is 32.7 Å². The topological polar surface area (TPSA) is 63.6 Å². The second kappa shape index (κ2) is 4.44. The number of fused-ring (bicyclic) bond motifs is 1. The average molecular weight is 305 g/mol. The zero-order valence-electron chi connectivity index (χ0n) is 8.64. The molecule has 0 saturated heterocycles. The maximum atomic E-state index is 11.0. The van der Waals surface area contributed by atoms with E-state index in [-0.39, 0.29) is 4.90 Å². The van der Waals surface area contributed by atoms with Crippen LogP contribution >= 0.6 is 15.9 Å². The lowest BCUT2D eigenvalue weighted by molar-refractivity contribution is 0.191. The first kappa shape index (κ1) is 12.0. The second-order valence-electron chi connectivity index (χ2n) is 3.72. The standard InChI is InChI=1S/C10H12BrNO3S/c1-6(13)12-3-2-7-4-8(11)10(16(14)15)5-9(7)12/h4-6,13H,2-3H2,1H3,(H,14,15)/p-1. The Balaban J connectivity index is 2.50. The molecule has 1 aromatic rings. The van der Waals surface area contributed by atoms with Crippen molar-refractivity contribution in [1.82, 2.24) is 0 Å². The molecule has 1 aromatic carbocycles. The average Bonchev–Trinajstić information content (AvgIpc) is 2.58. The van der Waals surface area contributed by atoms with Crippen LogP contribution in [0.2, 0.25) is 0 Å². The summed E-state index contributed by atoms with van der Waals surface area (Å²) in [5.41, 5.74) is 1.86. The fourth-order valence-corrected chi connectivity index (χ4v) is 3.14. The van der Waals surface area contributed by atoms with Crippen LogP contribution < -0.4 is 4.90 Å². The van der Waals surface area contributed by atoms with Gasteiger partial charge in [0, 0.05) is 21.6 Å². The van der Waals surface area contributed by atoms with Crippen molar-refractivity contribution in [2.24, 2.45) is 0 Å². The Morgan fingerprint density at radius 1 is 1.62 bits per heavy atom. The van der Waals surface area contributed by atoms with Crippen LogP contribution in [0.15, 0.2) is 21.5 Å². The van der Waals surface area contributed by atoms with Crippen LogP contribution in [-0.2, 0) is 17.5 Å². The fourth-order valence-electron chi connectivity index (χ4n) is 1.93. The van der Waals surface area contributed by atoms with Gasteiger partial charge in [0.25, 0.3) is 0 Å². The molecule has 1 N–H and O–H groups in total. The molecule has 2 rings (SSSR count). The van der Waals surface area contributed by atoms with E-state index < -0.39 is 17.3 Å². The first-order valence-corrected chi connectivity index (χ1v) is 6.74. The van der Waals surface area contributed by atoms with Crippen LogP contribution in [-0.4, -0.2) is 26.6 Å². The van der Waals surface area contributed by atoms with Gasteiger partial charge >= 0.3 is 0 Å². The maximum Gasteiger partial charge on any atom is 0.124 e. The lowest BCUT2D eigenvalue weighted by Crippen LogP contribution is -2.30. The summed E-state index contributed by atoms with van der Waals surface area (Å²) in [6, 6.07) is 3.41. The van der Waals surface area contributed by atoms with Crippen LogP contribution in [0.1, 0.15) is 12.5 Å². The van der Waals surface area contributed by atoms with E-state index in [1.165, 1.54) is 0 Å². The smallest absolute Gasteiger partial charge is 0.124 e. The monoisotopic (exact) mass is 304 g/mol. The van der Waals surface area contributed by atoms with Crippen molar-refractivity contribution in [3.05, 3.63) is 22.2 Å². The minimum atomic E-state index is -2.27. The van der Waals surface area contributed by atoms with Gasteiger partial charge in [0.05, 0.1) is 0 Å². The molecular formula is C10H11BrNO3S-. The molecular weight excluding hydrogens is 294 g/mol. The Hall–Kier alpha value is -0.430. The minimum absolute atomic E-state index is 0.228. The summed E-state index contributed by atoms with van der Waals surface area (Å²) in [4.78, 5) is 2.02. The molecule has 4 nitrogen and oxygen atoms in total. The molecule has 88 valence electrons. The van der Waals surface area contributed by atoms with Gasteiger partial charge in [-0.15, -0.1) is 0 Å². The molecule has 1 aliphatic rings. The van der Waals surface area contributed by atoms with Gasteiger partial charge in [0.2, 0.25) is 0 Å². The third-order valence-electron chi connectivity index (χ3n) is 2.70. The van der Waals surface area contributed by atoms with E-state index in [0.717, 1.165) is 17.7 Å². The highest BCUT2D eigenvalue weighted by Gasteiger charge is 2.23. The van der Waals surface area contributed by atoms with E-state index in [9.17, 15) is 13.9 Å². The molecule has 1 aliphatic heterocycles. The van der Waals surface area contributed by atoms with Crippen molar-refractivity contribution in [2.45, 2.75) is 24.5 Å². The van der Waals surface area contributed by atoms with Gasteiger partial charge in [-0.05, 0) is 58.1 Å². The molecule has 0 amide bonds. The number of hydrogen-bond acceptors (Lipinski definition) is 4. The Morgan fingerprint density at radius 2 is 2.31 bits per heavy atom. The highest BCUT2D eigenvalue weighted by molar-refractivity contribution is 9.10.